The standard InChI is InChI=1S/C8H7NO.C3H6O2/c10-9-6-5-7-3-1-2-4-8(7)9;1-2-5-3-4/h1-6,10H;3H,2H2,1H3. The van der Waals surface area contributed by atoms with Crippen LogP contribution in [0, 0.1) is 0 Å². The van der Waals surface area contributed by atoms with Gasteiger partial charge in [0.15, 0.2) is 0 Å². The van der Waals surface area contributed by atoms with Crippen molar-refractivity contribution in [1.82, 2.24) is 4.73 Å². The first-order chi connectivity index (χ1) is 7.29. The Kier molecular flexibility index (Phi) is 4.22. The third-order valence-electron chi connectivity index (χ3n) is 1.81. The number of hydrogen-bond acceptors (Lipinski definition) is 3. The Morgan fingerprint density at radius 3 is 2.67 bits per heavy atom. The van der Waals surface area contributed by atoms with Gasteiger partial charge in [0.25, 0.3) is 6.47 Å². The van der Waals surface area contributed by atoms with Crippen molar-refractivity contribution in [3.05, 3.63) is 36.5 Å². The molecule has 0 aliphatic heterocycles. The number of para-hydroxylation sites is 1. The quantitative estimate of drug-likeness (QED) is 0.605. The molecule has 0 amide bonds. The van der Waals surface area contributed by atoms with Crippen molar-refractivity contribution in [2.45, 2.75) is 6.92 Å². The highest BCUT2D eigenvalue weighted by molar-refractivity contribution is 5.79. The third kappa shape index (κ3) is 3.02. The number of carbonyl (C=O) groups excluding carboxylic acids is 1. The minimum absolute atomic E-state index is 0.431. The van der Waals surface area contributed by atoms with Gasteiger partial charge in [0.05, 0.1) is 12.1 Å². The van der Waals surface area contributed by atoms with Gasteiger partial charge in [-0.3, -0.25) is 4.79 Å². The SMILES string of the molecule is CCOC=O.On1ccc2ccccc21. The molecule has 0 unspecified atom stereocenters. The molecule has 2 rings (SSSR count). The molecule has 1 aromatic heterocycles. The molecule has 0 saturated heterocycles. The first kappa shape index (κ1) is 11.1. The highest BCUT2D eigenvalue weighted by Gasteiger charge is 1.94. The number of fused-ring (bicyclic) bond motifs is 1. The Labute approximate surface area is 87.7 Å². The average Bonchev–Trinajstić information content (AvgIpc) is 2.64. The van der Waals surface area contributed by atoms with Crippen molar-refractivity contribution in [2.24, 2.45) is 0 Å². The highest BCUT2D eigenvalue weighted by atomic mass is 16.5. The van der Waals surface area contributed by atoms with Gasteiger partial charge in [-0.1, -0.05) is 18.2 Å². The minimum atomic E-state index is 0.431. The van der Waals surface area contributed by atoms with Gasteiger partial charge in [0, 0.05) is 11.6 Å². The molecule has 15 heavy (non-hydrogen) atoms. The second kappa shape index (κ2) is 5.70. The molecule has 1 aromatic carbocycles. The fraction of sp³-hybridized carbons (Fsp3) is 0.182. The zero-order chi connectivity index (χ0) is 11.1. The van der Waals surface area contributed by atoms with Crippen molar-refractivity contribution in [2.75, 3.05) is 6.61 Å². The lowest BCUT2D eigenvalue weighted by atomic mass is 10.3. The Balaban J connectivity index is 0.000000195. The lowest BCUT2D eigenvalue weighted by Crippen LogP contribution is -1.83. The molecule has 0 radical (unpaired) electrons. The molecule has 0 saturated carbocycles. The van der Waals surface area contributed by atoms with Gasteiger partial charge in [-0.25, -0.2) is 0 Å². The second-order valence-electron chi connectivity index (χ2n) is 2.77. The number of ether oxygens (including phenoxy) is 1. The molecule has 0 aliphatic carbocycles. The molecule has 1 N–H and O–H groups in total. The van der Waals surface area contributed by atoms with Crippen molar-refractivity contribution in [3.63, 3.8) is 0 Å². The first-order valence-electron chi connectivity index (χ1n) is 4.60. The lowest BCUT2D eigenvalue weighted by Gasteiger charge is -1.91. The van der Waals surface area contributed by atoms with Gasteiger partial charge in [-0.2, -0.15) is 4.73 Å². The fourth-order valence-corrected chi connectivity index (χ4v) is 1.14. The Hall–Kier alpha value is -1.97. The van der Waals surface area contributed by atoms with Crippen LogP contribution in [0.3, 0.4) is 0 Å². The van der Waals surface area contributed by atoms with Crippen molar-refractivity contribution >= 4 is 17.4 Å². The van der Waals surface area contributed by atoms with Crippen molar-refractivity contribution < 1.29 is 14.7 Å². The van der Waals surface area contributed by atoms with Crippen molar-refractivity contribution in [1.29, 1.82) is 0 Å². The number of nitrogens with zero attached hydrogens (tertiary/aromatic N) is 1. The van der Waals surface area contributed by atoms with Gasteiger partial charge in [0.2, 0.25) is 0 Å². The van der Waals surface area contributed by atoms with E-state index in [0.717, 1.165) is 15.6 Å². The van der Waals surface area contributed by atoms with Crippen LogP contribution in [0.5, 0.6) is 0 Å². The lowest BCUT2D eigenvalue weighted by molar-refractivity contribution is -0.128. The summed E-state index contributed by atoms with van der Waals surface area (Å²) in [5.41, 5.74) is 0.850. The number of benzene rings is 1. The summed E-state index contributed by atoms with van der Waals surface area (Å²) in [5, 5.41) is 10.2. The zero-order valence-corrected chi connectivity index (χ0v) is 8.46. The van der Waals surface area contributed by atoms with E-state index in [1.807, 2.05) is 30.3 Å². The van der Waals surface area contributed by atoms with E-state index in [-0.39, 0.29) is 0 Å². The molecule has 4 nitrogen and oxygen atoms in total. The average molecular weight is 207 g/mol. The van der Waals surface area contributed by atoms with Crippen LogP contribution >= 0.6 is 0 Å². The van der Waals surface area contributed by atoms with Gasteiger partial charge >= 0.3 is 0 Å². The van der Waals surface area contributed by atoms with Crippen LogP contribution in [-0.2, 0) is 9.53 Å². The molecular weight excluding hydrogens is 194 g/mol. The fourth-order valence-electron chi connectivity index (χ4n) is 1.14. The largest absolute Gasteiger partial charge is 0.468 e. The van der Waals surface area contributed by atoms with E-state index >= 15 is 0 Å². The van der Waals surface area contributed by atoms with Crippen LogP contribution in [0.1, 0.15) is 6.92 Å². The molecule has 2 aromatic rings. The van der Waals surface area contributed by atoms with E-state index in [1.165, 1.54) is 0 Å². The Bertz CT molecular complexity index is 422. The Morgan fingerprint density at radius 2 is 2.13 bits per heavy atom. The summed E-state index contributed by atoms with van der Waals surface area (Å²) in [6, 6.07) is 9.55. The number of aromatic nitrogens is 1. The first-order valence-corrected chi connectivity index (χ1v) is 4.60. The molecule has 1 heterocycles. The number of hydrogen-bond donors (Lipinski definition) is 1. The molecule has 0 atom stereocenters. The normalized spacial score (nSPS) is 9.13. The number of carbonyl (C=O) groups is 1. The van der Waals surface area contributed by atoms with E-state index < -0.39 is 0 Å². The van der Waals surface area contributed by atoms with E-state index in [9.17, 15) is 4.79 Å². The number of rotatable bonds is 2. The molecule has 0 fully saturated rings. The maximum Gasteiger partial charge on any atom is 0.293 e. The molecule has 80 valence electrons. The van der Waals surface area contributed by atoms with Crippen molar-refractivity contribution in [3.8, 4) is 0 Å². The predicted octanol–water partition coefficient (Wildman–Crippen LogP) is 2.06. The summed E-state index contributed by atoms with van der Waals surface area (Å²) in [4.78, 5) is 9.18. The van der Waals surface area contributed by atoms with Crippen LogP contribution in [0.25, 0.3) is 10.9 Å². The van der Waals surface area contributed by atoms with Crippen LogP contribution in [0.15, 0.2) is 36.5 Å². The van der Waals surface area contributed by atoms with Crippen LogP contribution in [-0.4, -0.2) is 23.0 Å². The summed E-state index contributed by atoms with van der Waals surface area (Å²) in [6.07, 6.45) is 1.63. The molecule has 0 spiro atoms. The minimum Gasteiger partial charge on any atom is -0.468 e. The van der Waals surface area contributed by atoms with Crippen LogP contribution < -0.4 is 0 Å². The maximum atomic E-state index is 9.18. The molecule has 0 bridgehead atoms. The zero-order valence-electron chi connectivity index (χ0n) is 8.46. The van der Waals surface area contributed by atoms with Crippen LogP contribution in [0.2, 0.25) is 0 Å². The summed E-state index contributed by atoms with van der Waals surface area (Å²) in [6.45, 7) is 2.66. The van der Waals surface area contributed by atoms with E-state index in [1.54, 1.807) is 13.1 Å². The Morgan fingerprint density at radius 1 is 1.40 bits per heavy atom. The summed E-state index contributed by atoms with van der Waals surface area (Å²) >= 11 is 0. The molecule has 0 aliphatic rings. The van der Waals surface area contributed by atoms with Gasteiger partial charge in [0.1, 0.15) is 0 Å². The third-order valence-corrected chi connectivity index (χ3v) is 1.81. The monoisotopic (exact) mass is 207 g/mol. The molecule has 4 heteroatoms. The molecular formula is C11H13NO3. The highest BCUT2D eigenvalue weighted by Crippen LogP contribution is 2.12. The summed E-state index contributed by atoms with van der Waals surface area (Å²) < 4.78 is 5.27. The second-order valence-corrected chi connectivity index (χ2v) is 2.77. The van der Waals surface area contributed by atoms with Gasteiger partial charge < -0.3 is 9.94 Å². The van der Waals surface area contributed by atoms with Gasteiger partial charge in [-0.15, -0.1) is 0 Å². The van der Waals surface area contributed by atoms with E-state index in [0.29, 0.717) is 13.1 Å². The van der Waals surface area contributed by atoms with Gasteiger partial charge in [-0.05, 0) is 19.1 Å². The summed E-state index contributed by atoms with van der Waals surface area (Å²) in [7, 11) is 0. The van der Waals surface area contributed by atoms with E-state index in [4.69, 9.17) is 5.21 Å². The topological polar surface area (TPSA) is 51.5 Å². The summed E-state index contributed by atoms with van der Waals surface area (Å²) in [5.74, 6) is 0. The van der Waals surface area contributed by atoms with E-state index in [2.05, 4.69) is 4.74 Å². The smallest absolute Gasteiger partial charge is 0.293 e. The van der Waals surface area contributed by atoms with Crippen LogP contribution in [0.4, 0.5) is 0 Å². The predicted molar refractivity (Wildman–Crippen MR) is 56.8 cm³/mol. The maximum absolute atomic E-state index is 9.18.